The summed E-state index contributed by atoms with van der Waals surface area (Å²) >= 11 is 0. The molecule has 0 aromatic rings. The van der Waals surface area contributed by atoms with Crippen molar-refractivity contribution in [2.24, 2.45) is 0 Å². The van der Waals surface area contributed by atoms with Gasteiger partial charge in [-0.3, -0.25) is 18.6 Å². The molecule has 0 radical (unpaired) electrons. The molecule has 0 aromatic carbocycles. The lowest BCUT2D eigenvalue weighted by Gasteiger charge is -2.15. The number of aliphatic hydroxyl groups is 1. The third-order valence-corrected chi connectivity index (χ3v) is 9.29. The fourth-order valence-electron chi connectivity index (χ4n) is 5.14. The van der Waals surface area contributed by atoms with Gasteiger partial charge in [0.05, 0.1) is 13.2 Å². The van der Waals surface area contributed by atoms with E-state index < -0.39 is 26.5 Å². The molecule has 55 heavy (non-hydrogen) atoms. The summed E-state index contributed by atoms with van der Waals surface area (Å²) < 4.78 is 26.8. The van der Waals surface area contributed by atoms with Gasteiger partial charge in [-0.05, 0) is 89.9 Å². The number of amides is 1. The molecule has 0 fully saturated rings. The number of hydrogen-bond acceptors (Lipinski definition) is 7. The molecule has 0 rings (SSSR count). The summed E-state index contributed by atoms with van der Waals surface area (Å²) in [5.74, 6) is -0.573. The van der Waals surface area contributed by atoms with Gasteiger partial charge in [-0.1, -0.05) is 137 Å². The van der Waals surface area contributed by atoms with E-state index in [1.807, 2.05) is 0 Å². The molecule has 0 aliphatic heterocycles. The quantitative estimate of drug-likeness (QED) is 0.0244. The van der Waals surface area contributed by atoms with E-state index in [9.17, 15) is 24.2 Å². The first kappa shape index (κ1) is 52.2. The largest absolute Gasteiger partial charge is 0.472 e. The monoisotopic (exact) mass is 790 g/mol. The van der Waals surface area contributed by atoms with E-state index in [1.54, 1.807) is 0 Å². The van der Waals surface area contributed by atoms with Gasteiger partial charge in [0, 0.05) is 19.4 Å². The molecule has 0 heterocycles. The average Bonchev–Trinajstić information content (AvgIpc) is 3.17. The third kappa shape index (κ3) is 42.2. The standard InChI is InChI=1S/C45H76NO8P/c1-3-5-7-9-11-13-15-17-18-19-20-21-22-23-24-26-28-30-32-34-36-38-45(49)52-41-43(47)42-54-55(50,51)53-40-39-46-44(48)37-35-33-31-29-27-25-16-14-12-10-8-6-4-2/h6,8,11-14,17-18,20-21,23-25,27,43,47H,3-5,7,9-10,15-16,19,22,26,28-42H2,1-2H3,(H,46,48)(H,50,51)/b8-6-,13-11-,14-12-,18-17-,21-20-,24-23-,27-25-. The lowest BCUT2D eigenvalue weighted by molar-refractivity contribution is -0.147. The van der Waals surface area contributed by atoms with Gasteiger partial charge in [0.2, 0.25) is 5.91 Å². The minimum atomic E-state index is -4.43. The van der Waals surface area contributed by atoms with Crippen molar-refractivity contribution in [2.45, 2.75) is 161 Å². The fourth-order valence-corrected chi connectivity index (χ4v) is 5.90. The van der Waals surface area contributed by atoms with Crippen LogP contribution in [-0.2, 0) is 27.9 Å². The van der Waals surface area contributed by atoms with Crippen LogP contribution in [0.2, 0.25) is 0 Å². The number of esters is 1. The number of ether oxygens (including phenoxy) is 1. The van der Waals surface area contributed by atoms with Gasteiger partial charge in [0.15, 0.2) is 0 Å². The molecule has 314 valence electrons. The van der Waals surface area contributed by atoms with Gasteiger partial charge >= 0.3 is 13.8 Å². The number of allylic oxidation sites excluding steroid dienone is 14. The molecule has 2 unspecified atom stereocenters. The Hall–Kier alpha value is -2.81. The van der Waals surface area contributed by atoms with Crippen molar-refractivity contribution in [3.8, 4) is 0 Å². The van der Waals surface area contributed by atoms with Crippen LogP contribution in [0.4, 0.5) is 0 Å². The van der Waals surface area contributed by atoms with Crippen LogP contribution in [0.3, 0.4) is 0 Å². The van der Waals surface area contributed by atoms with Crippen molar-refractivity contribution in [1.82, 2.24) is 5.32 Å². The van der Waals surface area contributed by atoms with Crippen molar-refractivity contribution in [3.05, 3.63) is 85.1 Å². The van der Waals surface area contributed by atoms with Crippen LogP contribution < -0.4 is 5.32 Å². The van der Waals surface area contributed by atoms with Crippen LogP contribution in [0.5, 0.6) is 0 Å². The zero-order valence-corrected chi connectivity index (χ0v) is 35.2. The first-order chi connectivity index (χ1) is 26.8. The van der Waals surface area contributed by atoms with Gasteiger partial charge < -0.3 is 20.1 Å². The zero-order valence-electron chi connectivity index (χ0n) is 34.3. The fraction of sp³-hybridized carbons (Fsp3) is 0.644. The van der Waals surface area contributed by atoms with Gasteiger partial charge in [0.25, 0.3) is 0 Å². The number of unbranched alkanes of at least 4 members (excludes halogenated alkanes) is 11. The number of carbonyl (C=O) groups excluding carboxylic acids is 2. The van der Waals surface area contributed by atoms with Gasteiger partial charge in [-0.15, -0.1) is 0 Å². The maximum atomic E-state index is 12.1. The molecular weight excluding hydrogens is 713 g/mol. The molecule has 9 nitrogen and oxygen atoms in total. The molecule has 1 amide bonds. The topological polar surface area (TPSA) is 131 Å². The number of phosphoric acid groups is 1. The number of phosphoric ester groups is 1. The Morgan fingerprint density at radius 3 is 1.58 bits per heavy atom. The normalized spacial score (nSPS) is 14.2. The van der Waals surface area contributed by atoms with Crippen LogP contribution in [0.15, 0.2) is 85.1 Å². The van der Waals surface area contributed by atoms with Crippen LogP contribution >= 0.6 is 7.82 Å². The second-order valence-electron chi connectivity index (χ2n) is 13.6. The zero-order chi connectivity index (χ0) is 40.3. The summed E-state index contributed by atoms with van der Waals surface area (Å²) in [5.41, 5.74) is 0. The molecule has 0 aliphatic rings. The Morgan fingerprint density at radius 2 is 1.04 bits per heavy atom. The van der Waals surface area contributed by atoms with Crippen LogP contribution in [0.25, 0.3) is 0 Å². The van der Waals surface area contributed by atoms with Crippen LogP contribution in [0.1, 0.15) is 155 Å². The number of rotatable bonds is 38. The molecule has 10 heteroatoms. The highest BCUT2D eigenvalue weighted by molar-refractivity contribution is 7.47. The summed E-state index contributed by atoms with van der Waals surface area (Å²) in [4.78, 5) is 33.8. The molecule has 0 aliphatic carbocycles. The van der Waals surface area contributed by atoms with Gasteiger partial charge in [-0.25, -0.2) is 4.57 Å². The van der Waals surface area contributed by atoms with Crippen molar-refractivity contribution >= 4 is 19.7 Å². The molecule has 0 aromatic heterocycles. The number of hydrogen-bond donors (Lipinski definition) is 3. The average molecular weight is 790 g/mol. The first-order valence-corrected chi connectivity index (χ1v) is 22.6. The lowest BCUT2D eigenvalue weighted by atomic mass is 10.1. The molecular formula is C45H76NO8P. The second kappa shape index (κ2) is 40.8. The highest BCUT2D eigenvalue weighted by Gasteiger charge is 2.23. The predicted molar refractivity (Wildman–Crippen MR) is 229 cm³/mol. The molecule has 0 saturated carbocycles. The summed E-state index contributed by atoms with van der Waals surface area (Å²) in [6, 6.07) is 0. The number of carbonyl (C=O) groups is 2. The van der Waals surface area contributed by atoms with Crippen molar-refractivity contribution in [2.75, 3.05) is 26.4 Å². The molecule has 0 bridgehead atoms. The van der Waals surface area contributed by atoms with E-state index >= 15 is 0 Å². The summed E-state index contributed by atoms with van der Waals surface area (Å²) in [5, 5.41) is 12.7. The van der Waals surface area contributed by atoms with Crippen molar-refractivity contribution < 1.29 is 37.9 Å². The lowest BCUT2D eigenvalue weighted by Crippen LogP contribution is -2.27. The first-order valence-electron chi connectivity index (χ1n) is 21.1. The summed E-state index contributed by atoms with van der Waals surface area (Å²) in [6.07, 6.45) is 50.8. The summed E-state index contributed by atoms with van der Waals surface area (Å²) in [6.45, 7) is 3.32. The minimum Gasteiger partial charge on any atom is -0.463 e. The highest BCUT2D eigenvalue weighted by Crippen LogP contribution is 2.42. The van der Waals surface area contributed by atoms with Crippen molar-refractivity contribution in [3.63, 3.8) is 0 Å². The Bertz CT molecular complexity index is 1170. The Morgan fingerprint density at radius 1 is 0.582 bits per heavy atom. The summed E-state index contributed by atoms with van der Waals surface area (Å²) in [7, 11) is -4.43. The number of aliphatic hydroxyl groups excluding tert-OH is 1. The predicted octanol–water partition coefficient (Wildman–Crippen LogP) is 11.7. The second-order valence-corrected chi connectivity index (χ2v) is 15.0. The van der Waals surface area contributed by atoms with E-state index in [0.29, 0.717) is 12.8 Å². The molecule has 0 saturated heterocycles. The van der Waals surface area contributed by atoms with Crippen LogP contribution in [0, 0.1) is 0 Å². The van der Waals surface area contributed by atoms with Crippen LogP contribution in [-0.4, -0.2) is 54.3 Å². The van der Waals surface area contributed by atoms with E-state index in [-0.39, 0.29) is 32.1 Å². The maximum Gasteiger partial charge on any atom is 0.472 e. The van der Waals surface area contributed by atoms with E-state index in [2.05, 4.69) is 104 Å². The smallest absolute Gasteiger partial charge is 0.463 e. The highest BCUT2D eigenvalue weighted by atomic mass is 31.2. The SMILES string of the molecule is CC/C=C\C/C=C\C/C=C\CCCCCC(=O)NCCOP(=O)(O)OCC(O)COC(=O)CCCCCCC/C=C\C/C=C\C/C=C\C/C=C\CCCCC. The number of nitrogens with one attached hydrogen (secondary N) is 1. The van der Waals surface area contributed by atoms with Gasteiger partial charge in [-0.2, -0.15) is 0 Å². The Balaban J connectivity index is 3.70. The third-order valence-electron chi connectivity index (χ3n) is 8.31. The Labute approximate surface area is 334 Å². The Kier molecular flexibility index (Phi) is 38.8. The molecule has 2 atom stereocenters. The molecule has 0 spiro atoms. The minimum absolute atomic E-state index is 0.0583. The van der Waals surface area contributed by atoms with E-state index in [4.69, 9.17) is 13.8 Å². The van der Waals surface area contributed by atoms with E-state index in [1.165, 1.54) is 25.7 Å². The van der Waals surface area contributed by atoms with E-state index in [0.717, 1.165) is 96.3 Å². The molecule has 3 N–H and O–H groups in total. The maximum absolute atomic E-state index is 12.1. The van der Waals surface area contributed by atoms with Gasteiger partial charge in [0.1, 0.15) is 12.7 Å². The van der Waals surface area contributed by atoms with Crippen molar-refractivity contribution in [1.29, 1.82) is 0 Å².